The van der Waals surface area contributed by atoms with Crippen LogP contribution in [0.15, 0.2) is 54.6 Å². The number of anilines is 2. The highest BCUT2D eigenvalue weighted by molar-refractivity contribution is 6.35. The highest BCUT2D eigenvalue weighted by Crippen LogP contribution is 2.34. The zero-order valence-corrected chi connectivity index (χ0v) is 15.3. The summed E-state index contributed by atoms with van der Waals surface area (Å²) < 4.78 is 5.12. The number of hydrogen-bond acceptors (Lipinski definition) is 4. The molecule has 0 fully saturated rings. The first-order valence-electron chi connectivity index (χ1n) is 7.65. The Morgan fingerprint density at radius 2 is 1.88 bits per heavy atom. The van der Waals surface area contributed by atoms with E-state index in [1.54, 1.807) is 61.7 Å². The Morgan fingerprint density at radius 1 is 1.08 bits per heavy atom. The van der Waals surface area contributed by atoms with Crippen molar-refractivity contribution in [1.82, 2.24) is 4.98 Å². The second-order valence-electron chi connectivity index (χ2n) is 5.44. The van der Waals surface area contributed by atoms with Gasteiger partial charge in [-0.05, 0) is 48.5 Å². The Kier molecular flexibility index (Phi) is 5.30. The molecule has 0 aliphatic carbocycles. The number of aromatic nitrogens is 1. The maximum Gasteiger partial charge on any atom is 0.256 e. The van der Waals surface area contributed by atoms with Crippen LogP contribution in [0.2, 0.25) is 10.0 Å². The fourth-order valence-corrected chi connectivity index (χ4v) is 2.82. The lowest BCUT2D eigenvalue weighted by Crippen LogP contribution is -2.13. The molecule has 132 valence electrons. The van der Waals surface area contributed by atoms with E-state index in [1.807, 2.05) is 0 Å². The number of ether oxygens (including phenoxy) is 1. The van der Waals surface area contributed by atoms with Crippen molar-refractivity contribution in [3.63, 3.8) is 0 Å². The van der Waals surface area contributed by atoms with Crippen molar-refractivity contribution in [1.29, 1.82) is 0 Å². The number of nitrogen functional groups attached to an aromatic ring is 1. The number of methoxy groups -OCH3 is 1. The van der Waals surface area contributed by atoms with Crippen LogP contribution >= 0.6 is 23.2 Å². The molecule has 3 aromatic rings. The number of halogens is 2. The Bertz CT molecular complexity index is 977. The lowest BCUT2D eigenvalue weighted by atomic mass is 10.1. The molecule has 1 amide bonds. The van der Waals surface area contributed by atoms with Gasteiger partial charge in [-0.2, -0.15) is 0 Å². The fraction of sp³-hybridized carbons (Fsp3) is 0.0526. The summed E-state index contributed by atoms with van der Waals surface area (Å²) in [6.45, 7) is 0. The Labute approximate surface area is 160 Å². The van der Waals surface area contributed by atoms with E-state index in [2.05, 4.69) is 10.3 Å². The number of amides is 1. The summed E-state index contributed by atoms with van der Waals surface area (Å²) in [5.41, 5.74) is 7.81. The standard InChI is InChI=1S/C19H15Cl2N3O2/c1-26-13-4-2-3-11(9-13)19(25)24-17-8-6-14(18(22)23-17)15-10-12(20)5-7-16(15)21/h2-10H,1H3,(H3,22,23,24,25). The van der Waals surface area contributed by atoms with Crippen molar-refractivity contribution < 1.29 is 9.53 Å². The van der Waals surface area contributed by atoms with Crippen LogP contribution in [0, 0.1) is 0 Å². The summed E-state index contributed by atoms with van der Waals surface area (Å²) in [6.07, 6.45) is 0. The molecule has 2 aromatic carbocycles. The number of carbonyl (C=O) groups excluding carboxylic acids is 1. The molecule has 0 atom stereocenters. The number of hydrogen-bond donors (Lipinski definition) is 2. The first-order valence-corrected chi connectivity index (χ1v) is 8.41. The van der Waals surface area contributed by atoms with Crippen LogP contribution in [0.25, 0.3) is 11.1 Å². The summed E-state index contributed by atoms with van der Waals surface area (Å²) >= 11 is 12.2. The van der Waals surface area contributed by atoms with E-state index in [4.69, 9.17) is 33.7 Å². The van der Waals surface area contributed by atoms with E-state index in [9.17, 15) is 4.79 Å². The van der Waals surface area contributed by atoms with Gasteiger partial charge in [-0.3, -0.25) is 4.79 Å². The van der Waals surface area contributed by atoms with Gasteiger partial charge in [0.05, 0.1) is 7.11 Å². The summed E-state index contributed by atoms with van der Waals surface area (Å²) in [4.78, 5) is 16.6. The number of carbonyl (C=O) groups is 1. The zero-order chi connectivity index (χ0) is 18.7. The van der Waals surface area contributed by atoms with Crippen LogP contribution in [0.3, 0.4) is 0 Å². The number of rotatable bonds is 4. The Balaban J connectivity index is 1.85. The highest BCUT2D eigenvalue weighted by atomic mass is 35.5. The first-order chi connectivity index (χ1) is 12.5. The summed E-state index contributed by atoms with van der Waals surface area (Å²) in [6, 6.07) is 15.3. The molecule has 0 aliphatic rings. The van der Waals surface area contributed by atoms with Crippen LogP contribution in [-0.4, -0.2) is 18.0 Å². The molecule has 3 N–H and O–H groups in total. The second kappa shape index (κ2) is 7.64. The lowest BCUT2D eigenvalue weighted by molar-refractivity contribution is 0.102. The smallest absolute Gasteiger partial charge is 0.256 e. The van der Waals surface area contributed by atoms with E-state index < -0.39 is 0 Å². The van der Waals surface area contributed by atoms with Crippen molar-refractivity contribution in [2.45, 2.75) is 0 Å². The SMILES string of the molecule is COc1cccc(C(=O)Nc2ccc(-c3cc(Cl)ccc3Cl)c(N)n2)c1. The maximum absolute atomic E-state index is 12.4. The topological polar surface area (TPSA) is 77.2 Å². The maximum atomic E-state index is 12.4. The van der Waals surface area contributed by atoms with E-state index in [-0.39, 0.29) is 11.7 Å². The van der Waals surface area contributed by atoms with E-state index >= 15 is 0 Å². The molecule has 0 bridgehead atoms. The summed E-state index contributed by atoms with van der Waals surface area (Å²) in [5, 5.41) is 3.76. The van der Waals surface area contributed by atoms with Gasteiger partial charge in [0.1, 0.15) is 17.4 Å². The van der Waals surface area contributed by atoms with Gasteiger partial charge in [-0.25, -0.2) is 4.98 Å². The molecule has 0 saturated carbocycles. The van der Waals surface area contributed by atoms with Gasteiger partial charge >= 0.3 is 0 Å². The third-order valence-electron chi connectivity index (χ3n) is 3.72. The van der Waals surface area contributed by atoms with Crippen LogP contribution in [-0.2, 0) is 0 Å². The molecule has 0 saturated heterocycles. The van der Waals surface area contributed by atoms with Crippen LogP contribution in [0.1, 0.15) is 10.4 Å². The van der Waals surface area contributed by atoms with Gasteiger partial charge in [0.15, 0.2) is 0 Å². The lowest BCUT2D eigenvalue weighted by Gasteiger charge is -2.11. The Morgan fingerprint density at radius 3 is 2.62 bits per heavy atom. The number of nitrogens with two attached hydrogens (primary N) is 1. The minimum Gasteiger partial charge on any atom is -0.497 e. The summed E-state index contributed by atoms with van der Waals surface area (Å²) in [7, 11) is 1.54. The highest BCUT2D eigenvalue weighted by Gasteiger charge is 2.12. The monoisotopic (exact) mass is 387 g/mol. The first kappa shape index (κ1) is 18.0. The zero-order valence-electron chi connectivity index (χ0n) is 13.8. The normalized spacial score (nSPS) is 10.4. The van der Waals surface area contributed by atoms with Crippen molar-refractivity contribution in [2.24, 2.45) is 0 Å². The average Bonchev–Trinajstić information content (AvgIpc) is 2.64. The number of pyridine rings is 1. The predicted octanol–water partition coefficient (Wildman–Crippen LogP) is 4.90. The van der Waals surface area contributed by atoms with Gasteiger partial charge in [0, 0.05) is 26.7 Å². The van der Waals surface area contributed by atoms with Crippen LogP contribution in [0.4, 0.5) is 11.6 Å². The molecule has 0 unspecified atom stereocenters. The molecule has 1 aromatic heterocycles. The second-order valence-corrected chi connectivity index (χ2v) is 6.28. The minimum atomic E-state index is -0.315. The molecular formula is C19H15Cl2N3O2. The number of benzene rings is 2. The molecule has 5 nitrogen and oxygen atoms in total. The van der Waals surface area contributed by atoms with Gasteiger partial charge in [0.25, 0.3) is 5.91 Å². The molecular weight excluding hydrogens is 373 g/mol. The van der Waals surface area contributed by atoms with Gasteiger partial charge in [-0.1, -0.05) is 29.3 Å². The van der Waals surface area contributed by atoms with Crippen molar-refractivity contribution in [3.05, 3.63) is 70.2 Å². The number of nitrogens with one attached hydrogen (secondary N) is 1. The van der Waals surface area contributed by atoms with Gasteiger partial charge in [0.2, 0.25) is 0 Å². The molecule has 7 heteroatoms. The van der Waals surface area contributed by atoms with Crippen LogP contribution in [0.5, 0.6) is 5.75 Å². The van der Waals surface area contributed by atoms with Gasteiger partial charge < -0.3 is 15.8 Å². The average molecular weight is 388 g/mol. The van der Waals surface area contributed by atoms with Crippen LogP contribution < -0.4 is 15.8 Å². The Hall–Kier alpha value is -2.76. The van der Waals surface area contributed by atoms with Crippen molar-refractivity contribution >= 4 is 40.7 Å². The van der Waals surface area contributed by atoms with Crippen molar-refractivity contribution in [3.8, 4) is 16.9 Å². The minimum absolute atomic E-state index is 0.234. The van der Waals surface area contributed by atoms with Gasteiger partial charge in [-0.15, -0.1) is 0 Å². The molecule has 0 spiro atoms. The van der Waals surface area contributed by atoms with Crippen molar-refractivity contribution in [2.75, 3.05) is 18.2 Å². The fourth-order valence-electron chi connectivity index (χ4n) is 2.43. The molecule has 0 aliphatic heterocycles. The third kappa shape index (κ3) is 3.90. The summed E-state index contributed by atoms with van der Waals surface area (Å²) in [5.74, 6) is 0.843. The van der Waals surface area contributed by atoms with E-state index in [0.29, 0.717) is 38.3 Å². The molecule has 3 rings (SSSR count). The quantitative estimate of drug-likeness (QED) is 0.667. The number of nitrogens with zero attached hydrogens (tertiary/aromatic N) is 1. The molecule has 1 heterocycles. The van der Waals surface area contributed by atoms with E-state index in [0.717, 1.165) is 0 Å². The van der Waals surface area contributed by atoms with E-state index in [1.165, 1.54) is 0 Å². The predicted molar refractivity (Wildman–Crippen MR) is 105 cm³/mol. The largest absolute Gasteiger partial charge is 0.497 e. The third-order valence-corrected chi connectivity index (χ3v) is 4.28. The molecule has 26 heavy (non-hydrogen) atoms. The molecule has 0 radical (unpaired) electrons.